The van der Waals surface area contributed by atoms with Crippen LogP contribution in [0, 0.1) is 11.3 Å². The second-order valence-corrected chi connectivity index (χ2v) is 8.33. The molecule has 9 nitrogen and oxygen atoms in total. The van der Waals surface area contributed by atoms with E-state index in [1.807, 2.05) is 30.3 Å². The van der Waals surface area contributed by atoms with Gasteiger partial charge in [0.15, 0.2) is 0 Å². The number of methoxy groups -OCH3 is 1. The molecule has 4 heterocycles. The fraction of sp³-hybridized carbons (Fsp3) is 0.185. The molecular weight excluding hydrogens is 456 g/mol. The number of amides is 1. The highest BCUT2D eigenvalue weighted by atomic mass is 16.5. The van der Waals surface area contributed by atoms with Gasteiger partial charge in [0.25, 0.3) is 11.7 Å². The monoisotopic (exact) mass is 478 g/mol. The Kier molecular flexibility index (Phi) is 6.24. The van der Waals surface area contributed by atoms with Crippen LogP contribution in [0.3, 0.4) is 0 Å². The summed E-state index contributed by atoms with van der Waals surface area (Å²) >= 11 is 0. The van der Waals surface area contributed by atoms with Crippen molar-refractivity contribution in [2.24, 2.45) is 0 Å². The molecule has 0 bridgehead atoms. The molecule has 1 fully saturated rings. The zero-order valence-corrected chi connectivity index (χ0v) is 19.6. The molecule has 1 aromatic carbocycles. The number of nitrogens with one attached hydrogen (secondary N) is 1. The number of hydrogen-bond acceptors (Lipinski definition) is 7. The van der Waals surface area contributed by atoms with Gasteiger partial charge in [0.1, 0.15) is 12.1 Å². The number of hydrogen-bond donors (Lipinski definition) is 1. The second-order valence-electron chi connectivity index (χ2n) is 8.33. The molecule has 0 unspecified atom stereocenters. The number of benzene rings is 1. The van der Waals surface area contributed by atoms with E-state index >= 15 is 0 Å². The largest absolute Gasteiger partial charge is 0.494 e. The average Bonchev–Trinajstić information content (AvgIpc) is 3.39. The lowest BCUT2D eigenvalue weighted by molar-refractivity contribution is -0.126. The molecule has 1 N–H and O–H groups in total. The Balaban J connectivity index is 1.41. The fourth-order valence-electron chi connectivity index (χ4n) is 4.53. The highest BCUT2D eigenvalue weighted by molar-refractivity contribution is 6.45. The molecule has 1 aliphatic heterocycles. The summed E-state index contributed by atoms with van der Waals surface area (Å²) in [6.07, 6.45) is 8.78. The average molecular weight is 479 g/mol. The van der Waals surface area contributed by atoms with E-state index in [0.717, 1.165) is 11.1 Å². The van der Waals surface area contributed by atoms with Crippen LogP contribution in [0.1, 0.15) is 28.8 Å². The van der Waals surface area contributed by atoms with Crippen molar-refractivity contribution in [2.75, 3.05) is 20.2 Å². The smallest absolute Gasteiger partial charge is 0.295 e. The van der Waals surface area contributed by atoms with E-state index in [1.165, 1.54) is 25.8 Å². The number of aromatic nitrogens is 4. The normalized spacial score (nSPS) is 13.3. The quantitative estimate of drug-likeness (QED) is 0.263. The third kappa shape index (κ3) is 4.09. The van der Waals surface area contributed by atoms with E-state index in [9.17, 15) is 14.9 Å². The molecule has 0 saturated carbocycles. The van der Waals surface area contributed by atoms with Crippen molar-refractivity contribution in [2.45, 2.75) is 12.8 Å². The Morgan fingerprint density at radius 3 is 2.47 bits per heavy atom. The molecule has 3 aromatic heterocycles. The van der Waals surface area contributed by atoms with Gasteiger partial charge in [-0.3, -0.25) is 14.6 Å². The van der Waals surface area contributed by atoms with Crippen LogP contribution in [-0.2, 0) is 4.79 Å². The predicted octanol–water partition coefficient (Wildman–Crippen LogP) is 3.81. The molecular formula is C27H22N6O3. The highest BCUT2D eigenvalue weighted by Gasteiger charge is 2.30. The lowest BCUT2D eigenvalue weighted by Gasteiger charge is -2.28. The minimum atomic E-state index is -0.628. The Morgan fingerprint density at radius 2 is 1.81 bits per heavy atom. The van der Waals surface area contributed by atoms with Gasteiger partial charge < -0.3 is 14.6 Å². The number of pyridine rings is 1. The number of ketones is 1. The third-order valence-corrected chi connectivity index (χ3v) is 6.35. The van der Waals surface area contributed by atoms with Gasteiger partial charge in [0.2, 0.25) is 0 Å². The summed E-state index contributed by atoms with van der Waals surface area (Å²) in [4.78, 5) is 43.7. The van der Waals surface area contributed by atoms with Gasteiger partial charge in [-0.2, -0.15) is 5.26 Å². The number of nitrogens with zero attached hydrogens (tertiary/aromatic N) is 5. The minimum Gasteiger partial charge on any atom is -0.494 e. The number of carbonyl (C=O) groups is 2. The summed E-state index contributed by atoms with van der Waals surface area (Å²) in [5.41, 5.74) is 4.50. The van der Waals surface area contributed by atoms with E-state index in [1.54, 1.807) is 17.3 Å². The number of allylic oxidation sites excluding steroid dienone is 1. The number of likely N-dealkylation sites (tertiary alicyclic amines) is 1. The van der Waals surface area contributed by atoms with Crippen LogP contribution in [0.25, 0.3) is 27.7 Å². The standard InChI is InChI=1S/C27H22N6O3/c1-36-22-15-32-24(19-12-29-16-30-13-19)25-23(22)21(14-31-25)26(34)27(35)33-9-7-18(8-10-33)20(11-28)17-5-3-2-4-6-17/h2-6,12-16,31H,7-10H2,1H3. The Labute approximate surface area is 207 Å². The van der Waals surface area contributed by atoms with Gasteiger partial charge in [0, 0.05) is 37.2 Å². The molecule has 5 rings (SSSR count). The number of fused-ring (bicyclic) bond motifs is 1. The zero-order chi connectivity index (χ0) is 25.1. The summed E-state index contributed by atoms with van der Waals surface area (Å²) < 4.78 is 5.46. The number of aromatic amines is 1. The molecule has 0 atom stereocenters. The molecule has 36 heavy (non-hydrogen) atoms. The van der Waals surface area contributed by atoms with Gasteiger partial charge >= 0.3 is 0 Å². The molecule has 4 aromatic rings. The van der Waals surface area contributed by atoms with Gasteiger partial charge in [-0.1, -0.05) is 30.3 Å². The second kappa shape index (κ2) is 9.80. The highest BCUT2D eigenvalue weighted by Crippen LogP contribution is 2.34. The summed E-state index contributed by atoms with van der Waals surface area (Å²) in [6.45, 7) is 0.733. The Morgan fingerprint density at radius 1 is 1.08 bits per heavy atom. The van der Waals surface area contributed by atoms with Crippen molar-refractivity contribution < 1.29 is 14.3 Å². The maximum atomic E-state index is 13.4. The molecule has 0 aliphatic carbocycles. The van der Waals surface area contributed by atoms with E-state index < -0.39 is 11.7 Å². The van der Waals surface area contributed by atoms with E-state index in [4.69, 9.17) is 4.74 Å². The van der Waals surface area contributed by atoms with Crippen molar-refractivity contribution in [1.29, 1.82) is 5.26 Å². The van der Waals surface area contributed by atoms with Crippen LogP contribution in [0.5, 0.6) is 5.75 Å². The fourth-order valence-corrected chi connectivity index (χ4v) is 4.53. The van der Waals surface area contributed by atoms with Crippen LogP contribution >= 0.6 is 0 Å². The topological polar surface area (TPSA) is 125 Å². The predicted molar refractivity (Wildman–Crippen MR) is 133 cm³/mol. The first kappa shape index (κ1) is 22.9. The number of H-pyrrole nitrogens is 1. The van der Waals surface area contributed by atoms with Crippen LogP contribution in [-0.4, -0.2) is 56.7 Å². The minimum absolute atomic E-state index is 0.218. The molecule has 0 spiro atoms. The lowest BCUT2D eigenvalue weighted by Crippen LogP contribution is -2.40. The van der Waals surface area contributed by atoms with Gasteiger partial charge in [-0.05, 0) is 24.0 Å². The summed E-state index contributed by atoms with van der Waals surface area (Å²) in [6, 6.07) is 11.8. The Bertz CT molecular complexity index is 1510. The zero-order valence-electron chi connectivity index (χ0n) is 19.6. The molecule has 1 saturated heterocycles. The molecule has 9 heteroatoms. The summed E-state index contributed by atoms with van der Waals surface area (Å²) in [5.74, 6) is -0.831. The maximum Gasteiger partial charge on any atom is 0.295 e. The number of carbonyl (C=O) groups excluding carboxylic acids is 2. The van der Waals surface area contributed by atoms with E-state index in [-0.39, 0.29) is 5.56 Å². The maximum absolute atomic E-state index is 13.4. The van der Waals surface area contributed by atoms with Gasteiger partial charge in [-0.25, -0.2) is 9.97 Å². The SMILES string of the molecule is COc1cnc(-c2cncnc2)c2[nH]cc(C(=O)C(=O)N3CCC(=C(C#N)c4ccccc4)CC3)c12. The van der Waals surface area contributed by atoms with Crippen molar-refractivity contribution in [3.63, 3.8) is 0 Å². The molecule has 0 radical (unpaired) electrons. The summed E-state index contributed by atoms with van der Waals surface area (Å²) in [7, 11) is 1.49. The first-order valence-corrected chi connectivity index (χ1v) is 11.4. The number of nitriles is 1. The number of rotatable bonds is 5. The van der Waals surface area contributed by atoms with Crippen LogP contribution in [0.4, 0.5) is 0 Å². The van der Waals surface area contributed by atoms with Gasteiger partial charge in [0.05, 0.1) is 47.1 Å². The van der Waals surface area contributed by atoms with Crippen LogP contribution < -0.4 is 4.74 Å². The molecule has 178 valence electrons. The third-order valence-electron chi connectivity index (χ3n) is 6.35. The molecule has 1 amide bonds. The number of Topliss-reactive ketones (excluding diaryl/α,β-unsaturated/α-hetero) is 1. The molecule has 1 aliphatic rings. The van der Waals surface area contributed by atoms with Crippen molar-refractivity contribution >= 4 is 28.2 Å². The van der Waals surface area contributed by atoms with E-state index in [2.05, 4.69) is 26.0 Å². The first-order valence-electron chi connectivity index (χ1n) is 11.4. The van der Waals surface area contributed by atoms with Gasteiger partial charge in [-0.15, -0.1) is 0 Å². The summed E-state index contributed by atoms with van der Waals surface area (Å²) in [5, 5.41) is 10.2. The number of piperidine rings is 1. The first-order chi connectivity index (χ1) is 17.6. The number of ether oxygens (including phenoxy) is 1. The van der Waals surface area contributed by atoms with Crippen molar-refractivity contribution in [3.8, 4) is 23.1 Å². The van der Waals surface area contributed by atoms with Crippen molar-refractivity contribution in [3.05, 3.63) is 78.1 Å². The van der Waals surface area contributed by atoms with Crippen molar-refractivity contribution in [1.82, 2.24) is 24.8 Å². The van der Waals surface area contributed by atoms with E-state index in [0.29, 0.717) is 59.4 Å². The van der Waals surface area contributed by atoms with Crippen LogP contribution in [0.2, 0.25) is 0 Å². The Hall–Kier alpha value is -4.84. The van der Waals surface area contributed by atoms with Crippen LogP contribution in [0.15, 0.2) is 67.0 Å². The lowest BCUT2D eigenvalue weighted by atomic mass is 9.93.